The van der Waals surface area contributed by atoms with Crippen LogP contribution in [0.2, 0.25) is 0 Å². The fourth-order valence-electron chi connectivity index (χ4n) is 3.33. The molecule has 0 saturated carbocycles. The Kier molecular flexibility index (Phi) is 4.97. The summed E-state index contributed by atoms with van der Waals surface area (Å²) in [6.07, 6.45) is 2.37. The summed E-state index contributed by atoms with van der Waals surface area (Å²) in [7, 11) is 0. The number of anilines is 3. The van der Waals surface area contributed by atoms with Crippen LogP contribution in [0.25, 0.3) is 0 Å². The van der Waals surface area contributed by atoms with Crippen molar-refractivity contribution in [3.63, 3.8) is 0 Å². The van der Waals surface area contributed by atoms with Crippen molar-refractivity contribution in [3.05, 3.63) is 42.1 Å². The largest absolute Gasteiger partial charge is 0.378 e. The maximum atomic E-state index is 12.4. The Morgan fingerprint density at radius 2 is 1.62 bits per heavy atom. The summed E-state index contributed by atoms with van der Waals surface area (Å²) in [5, 5.41) is 11.2. The van der Waals surface area contributed by atoms with Crippen LogP contribution in [0.15, 0.2) is 36.4 Å². The Morgan fingerprint density at radius 3 is 2.27 bits per heavy atom. The molecule has 0 unspecified atom stereocenters. The van der Waals surface area contributed by atoms with E-state index in [1.165, 1.54) is 12.8 Å². The van der Waals surface area contributed by atoms with Crippen LogP contribution >= 0.6 is 0 Å². The average Bonchev–Trinajstić information content (AvgIpc) is 3.24. The van der Waals surface area contributed by atoms with Gasteiger partial charge in [-0.05, 0) is 49.2 Å². The molecular weight excluding hydrogens is 330 g/mol. The number of nitrogens with one attached hydrogen (secondary N) is 1. The van der Waals surface area contributed by atoms with Crippen LogP contribution in [-0.2, 0) is 4.74 Å². The van der Waals surface area contributed by atoms with Gasteiger partial charge in [-0.25, -0.2) is 0 Å². The summed E-state index contributed by atoms with van der Waals surface area (Å²) in [6.45, 7) is 5.32. The topological polar surface area (TPSA) is 70.6 Å². The molecule has 1 aromatic carbocycles. The highest BCUT2D eigenvalue weighted by molar-refractivity contribution is 6.02. The van der Waals surface area contributed by atoms with E-state index >= 15 is 0 Å². The lowest BCUT2D eigenvalue weighted by Gasteiger charge is -2.28. The van der Waals surface area contributed by atoms with E-state index in [4.69, 9.17) is 4.74 Å². The molecular formula is C19H23N5O2. The first kappa shape index (κ1) is 16.8. The molecule has 0 atom stereocenters. The minimum Gasteiger partial charge on any atom is -0.378 e. The number of morpholine rings is 1. The monoisotopic (exact) mass is 353 g/mol. The highest BCUT2D eigenvalue weighted by atomic mass is 16.5. The van der Waals surface area contributed by atoms with Crippen molar-refractivity contribution in [3.8, 4) is 0 Å². The SMILES string of the molecule is O=C(Nc1ccc(N2CCOCC2)cc1)c1ccc(N2CCCC2)nn1. The number of hydrogen-bond acceptors (Lipinski definition) is 6. The second-order valence-electron chi connectivity index (χ2n) is 6.57. The zero-order valence-electron chi connectivity index (χ0n) is 14.7. The number of rotatable bonds is 4. The molecule has 4 rings (SSSR count). The van der Waals surface area contributed by atoms with Crippen molar-refractivity contribution in [1.82, 2.24) is 10.2 Å². The molecule has 2 saturated heterocycles. The number of hydrogen-bond donors (Lipinski definition) is 1. The molecule has 2 aromatic rings. The lowest BCUT2D eigenvalue weighted by molar-refractivity contribution is 0.102. The summed E-state index contributed by atoms with van der Waals surface area (Å²) < 4.78 is 5.37. The van der Waals surface area contributed by atoms with E-state index in [0.29, 0.717) is 5.69 Å². The predicted octanol–water partition coefficient (Wildman–Crippen LogP) is 2.17. The van der Waals surface area contributed by atoms with Gasteiger partial charge < -0.3 is 19.9 Å². The Bertz CT molecular complexity index is 736. The molecule has 7 heteroatoms. The van der Waals surface area contributed by atoms with E-state index in [-0.39, 0.29) is 5.91 Å². The van der Waals surface area contributed by atoms with Crippen molar-refractivity contribution in [1.29, 1.82) is 0 Å². The Hall–Kier alpha value is -2.67. The Labute approximate surface area is 153 Å². The van der Waals surface area contributed by atoms with Gasteiger partial charge in [-0.1, -0.05) is 0 Å². The lowest BCUT2D eigenvalue weighted by atomic mass is 10.2. The maximum Gasteiger partial charge on any atom is 0.276 e. The highest BCUT2D eigenvalue weighted by Gasteiger charge is 2.16. The van der Waals surface area contributed by atoms with Gasteiger partial charge in [-0.3, -0.25) is 4.79 Å². The minimum absolute atomic E-state index is 0.246. The minimum atomic E-state index is -0.246. The van der Waals surface area contributed by atoms with Crippen LogP contribution in [0.4, 0.5) is 17.2 Å². The van der Waals surface area contributed by atoms with E-state index in [2.05, 4.69) is 25.3 Å². The van der Waals surface area contributed by atoms with Crippen LogP contribution in [0.1, 0.15) is 23.3 Å². The third-order valence-electron chi connectivity index (χ3n) is 4.81. The van der Waals surface area contributed by atoms with Crippen molar-refractivity contribution in [2.75, 3.05) is 54.5 Å². The molecule has 2 aliphatic heterocycles. The number of amides is 1. The first-order valence-electron chi connectivity index (χ1n) is 9.12. The van der Waals surface area contributed by atoms with Gasteiger partial charge in [0, 0.05) is 37.6 Å². The molecule has 136 valence electrons. The van der Waals surface area contributed by atoms with Crippen LogP contribution in [0.5, 0.6) is 0 Å². The molecule has 7 nitrogen and oxygen atoms in total. The van der Waals surface area contributed by atoms with Crippen LogP contribution in [0.3, 0.4) is 0 Å². The molecule has 0 radical (unpaired) electrons. The lowest BCUT2D eigenvalue weighted by Crippen LogP contribution is -2.36. The fraction of sp³-hybridized carbons (Fsp3) is 0.421. The number of benzene rings is 1. The summed E-state index contributed by atoms with van der Waals surface area (Å²) in [5.41, 5.74) is 2.21. The standard InChI is InChI=1S/C19H23N5O2/c25-19(17-7-8-18(22-21-17)24-9-1-2-10-24)20-15-3-5-16(6-4-15)23-11-13-26-14-12-23/h3-8H,1-2,9-14H2,(H,20,25). The molecule has 2 fully saturated rings. The van der Waals surface area contributed by atoms with Crippen molar-refractivity contribution in [2.45, 2.75) is 12.8 Å². The van der Waals surface area contributed by atoms with Crippen molar-refractivity contribution >= 4 is 23.1 Å². The number of aromatic nitrogens is 2. The van der Waals surface area contributed by atoms with Gasteiger partial charge in [0.15, 0.2) is 11.5 Å². The molecule has 26 heavy (non-hydrogen) atoms. The Balaban J connectivity index is 1.37. The summed E-state index contributed by atoms with van der Waals surface area (Å²) in [5.74, 6) is 0.596. The number of ether oxygens (including phenoxy) is 1. The molecule has 0 bridgehead atoms. The van der Waals surface area contributed by atoms with E-state index in [0.717, 1.165) is 56.6 Å². The summed E-state index contributed by atoms with van der Waals surface area (Å²) in [4.78, 5) is 16.8. The number of carbonyl (C=O) groups excluding carboxylic acids is 1. The molecule has 1 amide bonds. The highest BCUT2D eigenvalue weighted by Crippen LogP contribution is 2.20. The third-order valence-corrected chi connectivity index (χ3v) is 4.81. The van der Waals surface area contributed by atoms with Gasteiger partial charge in [-0.2, -0.15) is 0 Å². The van der Waals surface area contributed by atoms with Gasteiger partial charge in [-0.15, -0.1) is 10.2 Å². The second-order valence-corrected chi connectivity index (χ2v) is 6.57. The number of carbonyl (C=O) groups is 1. The average molecular weight is 353 g/mol. The third kappa shape index (κ3) is 3.77. The van der Waals surface area contributed by atoms with Crippen LogP contribution < -0.4 is 15.1 Å². The summed E-state index contributed by atoms with van der Waals surface area (Å²) in [6, 6.07) is 11.5. The predicted molar refractivity (Wildman–Crippen MR) is 101 cm³/mol. The fourth-order valence-corrected chi connectivity index (χ4v) is 3.33. The van der Waals surface area contributed by atoms with Crippen LogP contribution in [0, 0.1) is 0 Å². The smallest absolute Gasteiger partial charge is 0.276 e. The van der Waals surface area contributed by atoms with E-state index in [9.17, 15) is 4.79 Å². The summed E-state index contributed by atoms with van der Waals surface area (Å²) >= 11 is 0. The van der Waals surface area contributed by atoms with Gasteiger partial charge >= 0.3 is 0 Å². The van der Waals surface area contributed by atoms with E-state index < -0.39 is 0 Å². The van der Waals surface area contributed by atoms with Crippen molar-refractivity contribution < 1.29 is 9.53 Å². The van der Waals surface area contributed by atoms with Crippen molar-refractivity contribution in [2.24, 2.45) is 0 Å². The van der Waals surface area contributed by atoms with Gasteiger partial charge in [0.25, 0.3) is 5.91 Å². The molecule has 3 heterocycles. The Morgan fingerprint density at radius 1 is 0.885 bits per heavy atom. The first-order chi connectivity index (χ1) is 12.8. The molecule has 0 spiro atoms. The molecule has 2 aliphatic rings. The van der Waals surface area contributed by atoms with Gasteiger partial charge in [0.05, 0.1) is 13.2 Å². The maximum absolute atomic E-state index is 12.4. The first-order valence-corrected chi connectivity index (χ1v) is 9.12. The van der Waals surface area contributed by atoms with Gasteiger partial charge in [0.2, 0.25) is 0 Å². The quantitative estimate of drug-likeness (QED) is 0.908. The normalized spacial score (nSPS) is 17.4. The van der Waals surface area contributed by atoms with Gasteiger partial charge in [0.1, 0.15) is 0 Å². The van der Waals surface area contributed by atoms with E-state index in [1.54, 1.807) is 6.07 Å². The zero-order valence-corrected chi connectivity index (χ0v) is 14.7. The second kappa shape index (κ2) is 7.70. The molecule has 1 N–H and O–H groups in total. The molecule has 0 aliphatic carbocycles. The molecule has 1 aromatic heterocycles. The number of nitrogens with zero attached hydrogens (tertiary/aromatic N) is 4. The zero-order chi connectivity index (χ0) is 17.8. The van der Waals surface area contributed by atoms with E-state index in [1.807, 2.05) is 30.3 Å². The van der Waals surface area contributed by atoms with Crippen LogP contribution in [-0.4, -0.2) is 55.5 Å².